The van der Waals surface area contributed by atoms with Gasteiger partial charge in [-0.25, -0.2) is 4.99 Å². The van der Waals surface area contributed by atoms with Crippen molar-refractivity contribution in [1.29, 1.82) is 0 Å². The zero-order valence-electron chi connectivity index (χ0n) is 9.81. The van der Waals surface area contributed by atoms with E-state index in [1.165, 1.54) is 17.3 Å². The number of amidine groups is 1. The highest BCUT2D eigenvalue weighted by atomic mass is 32.2. The van der Waals surface area contributed by atoms with E-state index < -0.39 is 5.97 Å². The molecule has 7 heteroatoms. The Morgan fingerprint density at radius 1 is 1.42 bits per heavy atom. The van der Waals surface area contributed by atoms with Crippen molar-refractivity contribution >= 4 is 34.7 Å². The van der Waals surface area contributed by atoms with Crippen LogP contribution in [0.2, 0.25) is 0 Å². The number of carboxylic acid groups (broad SMARTS) is 1. The summed E-state index contributed by atoms with van der Waals surface area (Å²) in [6.45, 7) is -0.209. The van der Waals surface area contributed by atoms with E-state index in [-0.39, 0.29) is 11.9 Å². The first-order chi connectivity index (χ1) is 9.24. The summed E-state index contributed by atoms with van der Waals surface area (Å²) in [6, 6.07) is 10.2. The number of nitrogens with one attached hydrogen (secondary N) is 1. The van der Waals surface area contributed by atoms with Crippen LogP contribution in [0, 0.1) is 0 Å². The van der Waals surface area contributed by atoms with E-state index in [2.05, 4.69) is 28.0 Å². The number of hydrazine groups is 1. The number of thioether (sulfide) groups is 2. The van der Waals surface area contributed by atoms with E-state index in [9.17, 15) is 4.79 Å². The van der Waals surface area contributed by atoms with Gasteiger partial charge in [0.25, 0.3) is 0 Å². The van der Waals surface area contributed by atoms with Crippen LogP contribution in [-0.4, -0.2) is 27.8 Å². The molecule has 2 aliphatic rings. The highest BCUT2D eigenvalue weighted by molar-refractivity contribution is 8.18. The molecule has 0 bridgehead atoms. The number of hydrogen-bond donors (Lipinski definition) is 2. The van der Waals surface area contributed by atoms with Gasteiger partial charge < -0.3 is 5.11 Å². The zero-order chi connectivity index (χ0) is 13.2. The quantitative estimate of drug-likeness (QED) is 0.891. The van der Waals surface area contributed by atoms with Crippen molar-refractivity contribution in [3.8, 4) is 0 Å². The molecule has 5 nitrogen and oxygen atoms in total. The molecule has 3 rings (SSSR count). The maximum Gasteiger partial charge on any atom is 0.325 e. The lowest BCUT2D eigenvalue weighted by Gasteiger charge is -2.22. The molecule has 19 heavy (non-hydrogen) atoms. The van der Waals surface area contributed by atoms with Gasteiger partial charge in [-0.3, -0.25) is 15.2 Å². The number of fused-ring (bicyclic) bond motifs is 1. The topological polar surface area (TPSA) is 64.9 Å². The molecule has 0 spiro atoms. The van der Waals surface area contributed by atoms with Gasteiger partial charge in [-0.1, -0.05) is 42.1 Å². The van der Waals surface area contributed by atoms with Crippen LogP contribution in [0.5, 0.6) is 0 Å². The van der Waals surface area contributed by atoms with Crippen LogP contribution >= 0.6 is 23.5 Å². The van der Waals surface area contributed by atoms with E-state index in [0.29, 0.717) is 5.17 Å². The molecule has 0 radical (unpaired) electrons. The van der Waals surface area contributed by atoms with Crippen LogP contribution in [0.15, 0.2) is 45.8 Å². The van der Waals surface area contributed by atoms with Crippen molar-refractivity contribution in [2.24, 2.45) is 4.99 Å². The van der Waals surface area contributed by atoms with Gasteiger partial charge in [0.2, 0.25) is 0 Å². The number of aliphatic carboxylic acids is 1. The van der Waals surface area contributed by atoms with E-state index in [1.807, 2.05) is 23.2 Å². The molecule has 0 aliphatic carbocycles. The summed E-state index contributed by atoms with van der Waals surface area (Å²) in [5.74, 6) is -0.926. The fourth-order valence-electron chi connectivity index (χ4n) is 1.82. The van der Waals surface area contributed by atoms with Gasteiger partial charge in [0.05, 0.1) is 0 Å². The molecule has 2 N–H and O–H groups in total. The van der Waals surface area contributed by atoms with E-state index >= 15 is 0 Å². The van der Waals surface area contributed by atoms with Crippen LogP contribution in [-0.2, 0) is 4.79 Å². The van der Waals surface area contributed by atoms with Gasteiger partial charge in [-0.15, -0.1) is 0 Å². The Balaban J connectivity index is 1.75. The molecule has 0 saturated carbocycles. The lowest BCUT2D eigenvalue weighted by Crippen LogP contribution is -2.32. The summed E-state index contributed by atoms with van der Waals surface area (Å²) in [6.07, 6.45) is 0. The Labute approximate surface area is 118 Å². The second kappa shape index (κ2) is 5.18. The van der Waals surface area contributed by atoms with Gasteiger partial charge >= 0.3 is 5.97 Å². The SMILES string of the molecule is O=C(O)CN=C1NN2C(=CSC2c2ccccc2)S1. The van der Waals surface area contributed by atoms with Gasteiger partial charge in [0.1, 0.15) is 16.9 Å². The van der Waals surface area contributed by atoms with Crippen LogP contribution in [0.3, 0.4) is 0 Å². The normalized spacial score (nSPS) is 23.2. The Morgan fingerprint density at radius 3 is 2.95 bits per heavy atom. The molecule has 1 fully saturated rings. The summed E-state index contributed by atoms with van der Waals surface area (Å²) < 4.78 is 0. The molecule has 1 unspecified atom stereocenters. The van der Waals surface area contributed by atoms with Gasteiger partial charge in [0.15, 0.2) is 5.17 Å². The number of carbonyl (C=O) groups is 1. The Hall–Kier alpha value is -1.60. The summed E-state index contributed by atoms with van der Waals surface area (Å²) in [7, 11) is 0. The van der Waals surface area contributed by atoms with Crippen molar-refractivity contribution in [2.75, 3.05) is 6.54 Å². The summed E-state index contributed by atoms with van der Waals surface area (Å²) >= 11 is 3.19. The van der Waals surface area contributed by atoms with Crippen molar-refractivity contribution in [3.63, 3.8) is 0 Å². The Bertz CT molecular complexity index is 559. The molecule has 1 atom stereocenters. The van der Waals surface area contributed by atoms with Crippen LogP contribution in [0.4, 0.5) is 0 Å². The summed E-state index contributed by atoms with van der Waals surface area (Å²) in [5, 5.41) is 14.6. The number of rotatable bonds is 3. The number of aliphatic imine (C=N–C) groups is 1. The third-order valence-corrected chi connectivity index (χ3v) is 4.82. The largest absolute Gasteiger partial charge is 0.480 e. The van der Waals surface area contributed by atoms with Gasteiger partial charge in [-0.05, 0) is 17.3 Å². The molecule has 1 aromatic carbocycles. The fourth-order valence-corrected chi connectivity index (χ4v) is 3.93. The van der Waals surface area contributed by atoms with Crippen molar-refractivity contribution in [3.05, 3.63) is 46.3 Å². The lowest BCUT2D eigenvalue weighted by molar-refractivity contribution is -0.135. The molecule has 0 aromatic heterocycles. The summed E-state index contributed by atoms with van der Waals surface area (Å²) in [5.41, 5.74) is 4.35. The van der Waals surface area contributed by atoms with E-state index in [4.69, 9.17) is 5.11 Å². The third kappa shape index (κ3) is 2.57. The Kier molecular flexibility index (Phi) is 3.39. The third-order valence-electron chi connectivity index (χ3n) is 2.63. The summed E-state index contributed by atoms with van der Waals surface area (Å²) in [4.78, 5) is 14.5. The van der Waals surface area contributed by atoms with Crippen molar-refractivity contribution in [1.82, 2.24) is 10.4 Å². The average molecular weight is 293 g/mol. The van der Waals surface area contributed by atoms with Crippen LogP contribution < -0.4 is 5.43 Å². The molecule has 2 aliphatic heterocycles. The van der Waals surface area contributed by atoms with Crippen LogP contribution in [0.25, 0.3) is 0 Å². The highest BCUT2D eigenvalue weighted by Gasteiger charge is 2.35. The van der Waals surface area contributed by atoms with Crippen molar-refractivity contribution in [2.45, 2.75) is 5.37 Å². The predicted octanol–water partition coefficient (Wildman–Crippen LogP) is 2.22. The number of benzene rings is 1. The molecule has 98 valence electrons. The second-order valence-corrected chi connectivity index (χ2v) is 5.92. The van der Waals surface area contributed by atoms with Gasteiger partial charge in [0, 0.05) is 5.41 Å². The first-order valence-electron chi connectivity index (χ1n) is 5.64. The number of nitrogens with zero attached hydrogens (tertiary/aromatic N) is 2. The standard InChI is InChI=1S/C12H11N3O2S2/c16-10(17)6-13-12-14-15-9(19-12)7-18-11(15)8-4-2-1-3-5-8/h1-5,7,11H,6H2,(H,13,14)(H,16,17). The Morgan fingerprint density at radius 2 is 2.21 bits per heavy atom. The number of hydrogen-bond acceptors (Lipinski definition) is 5. The fraction of sp³-hybridized carbons (Fsp3) is 0.167. The second-order valence-electron chi connectivity index (χ2n) is 3.95. The van der Waals surface area contributed by atoms with E-state index in [0.717, 1.165) is 5.03 Å². The minimum atomic E-state index is -0.926. The molecular weight excluding hydrogens is 282 g/mol. The average Bonchev–Trinajstić information content (AvgIpc) is 2.96. The maximum atomic E-state index is 10.5. The highest BCUT2D eigenvalue weighted by Crippen LogP contribution is 2.47. The lowest BCUT2D eigenvalue weighted by atomic mass is 10.2. The predicted molar refractivity (Wildman–Crippen MR) is 77.4 cm³/mol. The molecule has 2 heterocycles. The maximum absolute atomic E-state index is 10.5. The first kappa shape index (κ1) is 12.4. The minimum absolute atomic E-state index is 0.168. The molecule has 1 aromatic rings. The molecule has 0 amide bonds. The monoisotopic (exact) mass is 293 g/mol. The van der Waals surface area contributed by atoms with E-state index in [1.54, 1.807) is 11.8 Å². The van der Waals surface area contributed by atoms with Gasteiger partial charge in [-0.2, -0.15) is 0 Å². The number of carboxylic acids is 1. The van der Waals surface area contributed by atoms with Crippen molar-refractivity contribution < 1.29 is 9.90 Å². The molecule has 1 saturated heterocycles. The minimum Gasteiger partial charge on any atom is -0.480 e. The zero-order valence-corrected chi connectivity index (χ0v) is 11.4. The molecular formula is C12H11N3O2S2. The smallest absolute Gasteiger partial charge is 0.325 e. The first-order valence-corrected chi connectivity index (χ1v) is 7.40. The van der Waals surface area contributed by atoms with Crippen LogP contribution in [0.1, 0.15) is 10.9 Å².